The number of nitrogens with one attached hydrogen (secondary N) is 2. The highest BCUT2D eigenvalue weighted by Crippen LogP contribution is 2.30. The highest BCUT2D eigenvalue weighted by Gasteiger charge is 2.23. The molecular formula is C20H25N5OS. The van der Waals surface area contributed by atoms with Crippen LogP contribution in [0.3, 0.4) is 0 Å². The van der Waals surface area contributed by atoms with Gasteiger partial charge in [-0.1, -0.05) is 32.1 Å². The van der Waals surface area contributed by atoms with Crippen molar-refractivity contribution in [2.24, 2.45) is 11.7 Å². The zero-order valence-corrected chi connectivity index (χ0v) is 16.3. The third kappa shape index (κ3) is 5.20. The van der Waals surface area contributed by atoms with E-state index in [-0.39, 0.29) is 5.91 Å². The van der Waals surface area contributed by atoms with E-state index in [1.807, 2.05) is 25.1 Å². The summed E-state index contributed by atoms with van der Waals surface area (Å²) in [6, 6.07) is 9.14. The van der Waals surface area contributed by atoms with E-state index in [0.717, 1.165) is 35.6 Å². The average molecular weight is 384 g/mol. The van der Waals surface area contributed by atoms with Gasteiger partial charge in [-0.25, -0.2) is 0 Å². The Labute approximate surface area is 163 Å². The molecule has 7 heteroatoms. The van der Waals surface area contributed by atoms with Crippen LogP contribution in [0.4, 0.5) is 16.4 Å². The van der Waals surface area contributed by atoms with Crippen molar-refractivity contribution in [3.8, 4) is 6.07 Å². The monoisotopic (exact) mass is 383 g/mol. The van der Waals surface area contributed by atoms with Crippen molar-refractivity contribution in [2.45, 2.75) is 51.5 Å². The number of nitrogens with two attached hydrogens (primary N) is 1. The summed E-state index contributed by atoms with van der Waals surface area (Å²) >= 11 is 1.35. The van der Waals surface area contributed by atoms with Gasteiger partial charge in [0.2, 0.25) is 5.91 Å². The first kappa shape index (κ1) is 19.2. The first-order valence-corrected chi connectivity index (χ1v) is 10.1. The van der Waals surface area contributed by atoms with E-state index in [4.69, 9.17) is 5.73 Å². The maximum Gasteiger partial charge on any atom is 0.239 e. The number of nitriles is 1. The molecule has 27 heavy (non-hydrogen) atoms. The number of carbonyl (C=O) groups is 1. The largest absolute Gasteiger partial charge is 0.374 e. The Bertz CT molecular complexity index is 835. The van der Waals surface area contributed by atoms with Crippen molar-refractivity contribution >= 4 is 33.8 Å². The zero-order chi connectivity index (χ0) is 19.2. The molecule has 0 spiro atoms. The fourth-order valence-electron chi connectivity index (χ4n) is 3.59. The summed E-state index contributed by atoms with van der Waals surface area (Å²) in [6.07, 6.45) is 6.83. The second-order valence-corrected chi connectivity index (χ2v) is 7.97. The second kappa shape index (κ2) is 8.87. The molecule has 2 aromatic rings. The molecular weight excluding hydrogens is 358 g/mol. The third-order valence-electron chi connectivity index (χ3n) is 5.00. The molecule has 0 radical (unpaired) electrons. The Balaban J connectivity index is 1.75. The fraction of sp³-hybridized carbons (Fsp3) is 0.450. The SMILES string of the molecule is Cc1cc(Nc2cc(N[C@H](CC3CCCCC3)C(N)=O)ccc2C#N)sn1. The van der Waals surface area contributed by atoms with Crippen LogP contribution in [0, 0.1) is 24.2 Å². The van der Waals surface area contributed by atoms with Crippen molar-refractivity contribution in [3.63, 3.8) is 0 Å². The Morgan fingerprint density at radius 2 is 2.15 bits per heavy atom. The van der Waals surface area contributed by atoms with Crippen LogP contribution in [-0.4, -0.2) is 16.3 Å². The lowest BCUT2D eigenvalue weighted by Gasteiger charge is -2.26. The lowest BCUT2D eigenvalue weighted by molar-refractivity contribution is -0.119. The molecule has 1 amide bonds. The predicted octanol–water partition coefficient (Wildman–Crippen LogP) is 4.30. The standard InChI is InChI=1S/C20H25N5OS/c1-13-9-19(27-25-13)24-17-11-16(8-7-15(17)12-21)23-18(20(22)26)10-14-5-3-2-4-6-14/h7-9,11,14,18,23-24H,2-6,10H2,1H3,(H2,22,26)/t18-/m1/s1. The number of nitrogens with zero attached hydrogens (tertiary/aromatic N) is 2. The van der Waals surface area contributed by atoms with Gasteiger partial charge in [-0.05, 0) is 55.1 Å². The highest BCUT2D eigenvalue weighted by molar-refractivity contribution is 7.10. The second-order valence-electron chi connectivity index (χ2n) is 7.17. The number of hydrogen-bond acceptors (Lipinski definition) is 6. The maximum atomic E-state index is 12.0. The quantitative estimate of drug-likeness (QED) is 0.661. The lowest BCUT2D eigenvalue weighted by atomic mass is 9.84. The van der Waals surface area contributed by atoms with Gasteiger partial charge in [0, 0.05) is 5.69 Å². The van der Waals surface area contributed by atoms with E-state index in [1.165, 1.54) is 30.8 Å². The van der Waals surface area contributed by atoms with Crippen LogP contribution in [0.1, 0.15) is 49.8 Å². The minimum absolute atomic E-state index is 0.336. The van der Waals surface area contributed by atoms with E-state index in [0.29, 0.717) is 17.2 Å². The summed E-state index contributed by atoms with van der Waals surface area (Å²) in [4.78, 5) is 12.0. The summed E-state index contributed by atoms with van der Waals surface area (Å²) in [7, 11) is 0. The molecule has 142 valence electrons. The van der Waals surface area contributed by atoms with Crippen molar-refractivity contribution in [1.82, 2.24) is 4.37 Å². The smallest absolute Gasteiger partial charge is 0.239 e. The van der Waals surface area contributed by atoms with Crippen LogP contribution in [-0.2, 0) is 4.79 Å². The summed E-state index contributed by atoms with van der Waals surface area (Å²) in [6.45, 7) is 1.92. The first-order chi connectivity index (χ1) is 13.0. The average Bonchev–Trinajstić information content (AvgIpc) is 3.07. The van der Waals surface area contributed by atoms with Gasteiger partial charge in [-0.2, -0.15) is 9.64 Å². The van der Waals surface area contributed by atoms with Gasteiger partial charge in [0.25, 0.3) is 0 Å². The van der Waals surface area contributed by atoms with Crippen molar-refractivity contribution in [2.75, 3.05) is 10.6 Å². The molecule has 0 aliphatic heterocycles. The molecule has 1 aliphatic rings. The zero-order valence-electron chi connectivity index (χ0n) is 15.5. The molecule has 4 N–H and O–H groups in total. The number of anilines is 3. The van der Waals surface area contributed by atoms with Crippen LogP contribution >= 0.6 is 11.5 Å². The first-order valence-electron chi connectivity index (χ1n) is 9.35. The van der Waals surface area contributed by atoms with E-state index < -0.39 is 6.04 Å². The van der Waals surface area contributed by atoms with Crippen molar-refractivity contribution in [1.29, 1.82) is 5.26 Å². The molecule has 1 aliphatic carbocycles. The van der Waals surface area contributed by atoms with Gasteiger partial charge >= 0.3 is 0 Å². The predicted molar refractivity (Wildman–Crippen MR) is 109 cm³/mol. The van der Waals surface area contributed by atoms with Crippen LogP contribution in [0.5, 0.6) is 0 Å². The Kier molecular flexibility index (Phi) is 6.30. The summed E-state index contributed by atoms with van der Waals surface area (Å²) in [5.74, 6) is 0.206. The Morgan fingerprint density at radius 3 is 2.78 bits per heavy atom. The molecule has 1 aromatic carbocycles. The van der Waals surface area contributed by atoms with Crippen LogP contribution in [0.15, 0.2) is 24.3 Å². The van der Waals surface area contributed by atoms with E-state index in [1.54, 1.807) is 6.07 Å². The molecule has 0 saturated heterocycles. The minimum atomic E-state index is -0.403. The molecule has 3 rings (SSSR count). The summed E-state index contributed by atoms with van der Waals surface area (Å²) in [5.41, 5.74) is 8.57. The number of aryl methyl sites for hydroxylation is 1. The lowest BCUT2D eigenvalue weighted by Crippen LogP contribution is -2.37. The minimum Gasteiger partial charge on any atom is -0.374 e. The normalized spacial score (nSPS) is 15.7. The highest BCUT2D eigenvalue weighted by atomic mass is 32.1. The number of amides is 1. The summed E-state index contributed by atoms with van der Waals surface area (Å²) in [5, 5.41) is 16.8. The van der Waals surface area contributed by atoms with Crippen molar-refractivity contribution < 1.29 is 4.79 Å². The van der Waals surface area contributed by atoms with Gasteiger partial charge in [0.1, 0.15) is 17.1 Å². The van der Waals surface area contributed by atoms with E-state index in [2.05, 4.69) is 21.1 Å². The number of carbonyl (C=O) groups excluding carboxylic acids is 1. The Morgan fingerprint density at radius 1 is 1.37 bits per heavy atom. The van der Waals surface area contributed by atoms with Gasteiger partial charge < -0.3 is 16.4 Å². The van der Waals surface area contributed by atoms with Gasteiger partial charge in [0.05, 0.1) is 16.9 Å². The van der Waals surface area contributed by atoms with Gasteiger partial charge in [-0.15, -0.1) is 0 Å². The molecule has 0 unspecified atom stereocenters. The maximum absolute atomic E-state index is 12.0. The fourth-order valence-corrected chi connectivity index (χ4v) is 4.27. The number of primary amides is 1. The third-order valence-corrected chi connectivity index (χ3v) is 5.80. The molecule has 1 fully saturated rings. The van der Waals surface area contributed by atoms with E-state index in [9.17, 15) is 10.1 Å². The topological polar surface area (TPSA) is 104 Å². The summed E-state index contributed by atoms with van der Waals surface area (Å²) < 4.78 is 4.25. The molecule has 1 saturated carbocycles. The number of rotatable bonds is 7. The van der Waals surface area contributed by atoms with Gasteiger partial charge in [0.15, 0.2) is 0 Å². The van der Waals surface area contributed by atoms with Crippen LogP contribution in [0.25, 0.3) is 0 Å². The van der Waals surface area contributed by atoms with Crippen LogP contribution in [0.2, 0.25) is 0 Å². The molecule has 6 nitrogen and oxygen atoms in total. The van der Waals surface area contributed by atoms with Crippen LogP contribution < -0.4 is 16.4 Å². The van der Waals surface area contributed by atoms with E-state index >= 15 is 0 Å². The Hall–Kier alpha value is -2.59. The molecule has 0 bridgehead atoms. The molecule has 1 heterocycles. The molecule has 1 aromatic heterocycles. The molecule has 1 atom stereocenters. The number of hydrogen-bond donors (Lipinski definition) is 3. The number of benzene rings is 1. The van der Waals surface area contributed by atoms with Gasteiger partial charge in [-0.3, -0.25) is 4.79 Å². The van der Waals surface area contributed by atoms with Crippen molar-refractivity contribution in [3.05, 3.63) is 35.5 Å². The number of aromatic nitrogens is 1.